The van der Waals surface area contributed by atoms with Crippen LogP contribution in [0.15, 0.2) is 42.5 Å². The van der Waals surface area contributed by atoms with Crippen molar-refractivity contribution >= 4 is 0 Å². The van der Waals surface area contributed by atoms with Crippen LogP contribution in [-0.4, -0.2) is 7.11 Å². The van der Waals surface area contributed by atoms with Gasteiger partial charge in [0.15, 0.2) is 0 Å². The van der Waals surface area contributed by atoms with E-state index < -0.39 is 0 Å². The van der Waals surface area contributed by atoms with Gasteiger partial charge in [-0.25, -0.2) is 0 Å². The van der Waals surface area contributed by atoms with Gasteiger partial charge in [-0.1, -0.05) is 36.4 Å². The molecule has 0 atom stereocenters. The average Bonchev–Trinajstić information content (AvgIpc) is 2.30. The number of hydrogen-bond donors (Lipinski definition) is 0. The summed E-state index contributed by atoms with van der Waals surface area (Å²) in [5.74, 6) is 0.867. The second-order valence-electron chi connectivity index (χ2n) is 3.44. The van der Waals surface area contributed by atoms with Crippen LogP contribution < -0.4 is 4.74 Å². The Bertz CT molecular complexity index is 460. The molecule has 0 aliphatic heterocycles. The molecule has 15 heavy (non-hydrogen) atoms. The molecule has 0 aromatic heterocycles. The van der Waals surface area contributed by atoms with E-state index in [0.717, 1.165) is 11.3 Å². The van der Waals surface area contributed by atoms with Crippen molar-refractivity contribution in [3.8, 4) is 16.9 Å². The zero-order valence-corrected chi connectivity index (χ0v) is 8.95. The van der Waals surface area contributed by atoms with Crippen LogP contribution >= 0.6 is 0 Å². The Morgan fingerprint density at radius 2 is 1.87 bits per heavy atom. The molecule has 1 nitrogen and oxygen atoms in total. The zero-order chi connectivity index (χ0) is 10.7. The Kier molecular flexibility index (Phi) is 2.72. The Morgan fingerprint density at radius 3 is 2.60 bits per heavy atom. The first-order valence-electron chi connectivity index (χ1n) is 4.93. The van der Waals surface area contributed by atoms with Crippen LogP contribution in [0.2, 0.25) is 0 Å². The fourth-order valence-electron chi connectivity index (χ4n) is 1.68. The van der Waals surface area contributed by atoms with Gasteiger partial charge < -0.3 is 4.74 Å². The minimum atomic E-state index is 0.867. The molecular formula is C14H13O. The Labute approximate surface area is 90.3 Å². The van der Waals surface area contributed by atoms with Crippen molar-refractivity contribution in [3.05, 3.63) is 54.1 Å². The standard InChI is InChI=1S/C14H13O/c1-11-7-3-4-8-12(11)13-9-5-6-10-14(13)15-2/h3-5,7-10H,1-2H3. The average molecular weight is 197 g/mol. The molecule has 0 saturated carbocycles. The fraction of sp³-hybridized carbons (Fsp3) is 0.143. The van der Waals surface area contributed by atoms with Crippen molar-refractivity contribution in [2.75, 3.05) is 7.11 Å². The lowest BCUT2D eigenvalue weighted by atomic mass is 10.00. The van der Waals surface area contributed by atoms with Crippen molar-refractivity contribution in [1.82, 2.24) is 0 Å². The minimum Gasteiger partial charge on any atom is -0.496 e. The highest BCUT2D eigenvalue weighted by atomic mass is 16.5. The van der Waals surface area contributed by atoms with Gasteiger partial charge in [0, 0.05) is 5.56 Å². The largest absolute Gasteiger partial charge is 0.496 e. The van der Waals surface area contributed by atoms with Crippen molar-refractivity contribution < 1.29 is 4.74 Å². The van der Waals surface area contributed by atoms with E-state index in [1.807, 2.05) is 30.3 Å². The van der Waals surface area contributed by atoms with Crippen LogP contribution in [0.25, 0.3) is 11.1 Å². The lowest BCUT2D eigenvalue weighted by Gasteiger charge is -2.10. The number of hydrogen-bond acceptors (Lipinski definition) is 1. The van der Waals surface area contributed by atoms with E-state index in [1.165, 1.54) is 11.1 Å². The molecule has 2 rings (SSSR count). The second kappa shape index (κ2) is 4.18. The van der Waals surface area contributed by atoms with Gasteiger partial charge in [-0.15, -0.1) is 0 Å². The van der Waals surface area contributed by atoms with E-state index in [9.17, 15) is 0 Å². The Morgan fingerprint density at radius 1 is 1.07 bits per heavy atom. The lowest BCUT2D eigenvalue weighted by Crippen LogP contribution is -1.89. The van der Waals surface area contributed by atoms with Crippen LogP contribution in [0.4, 0.5) is 0 Å². The van der Waals surface area contributed by atoms with Gasteiger partial charge in [-0.05, 0) is 30.2 Å². The summed E-state index contributed by atoms with van der Waals surface area (Å²) in [4.78, 5) is 0. The van der Waals surface area contributed by atoms with E-state index in [0.29, 0.717) is 0 Å². The van der Waals surface area contributed by atoms with E-state index in [2.05, 4.69) is 25.1 Å². The third-order valence-corrected chi connectivity index (χ3v) is 2.48. The summed E-state index contributed by atoms with van der Waals surface area (Å²) >= 11 is 0. The summed E-state index contributed by atoms with van der Waals surface area (Å²) in [7, 11) is 1.69. The summed E-state index contributed by atoms with van der Waals surface area (Å²) in [6.45, 7) is 2.10. The van der Waals surface area contributed by atoms with Crippen LogP contribution in [0.1, 0.15) is 5.56 Å². The van der Waals surface area contributed by atoms with Crippen LogP contribution in [0, 0.1) is 13.0 Å². The molecule has 0 heterocycles. The smallest absolute Gasteiger partial charge is 0.127 e. The first-order valence-corrected chi connectivity index (χ1v) is 4.93. The SMILES string of the molecule is COc1c[c]ccc1-c1ccccc1C. The second-order valence-corrected chi connectivity index (χ2v) is 3.44. The molecule has 0 bridgehead atoms. The van der Waals surface area contributed by atoms with Gasteiger partial charge in [0.05, 0.1) is 7.11 Å². The van der Waals surface area contributed by atoms with Crippen molar-refractivity contribution in [3.63, 3.8) is 0 Å². The molecule has 0 aliphatic rings. The summed E-state index contributed by atoms with van der Waals surface area (Å²) in [5.41, 5.74) is 3.58. The molecule has 1 radical (unpaired) electrons. The third-order valence-electron chi connectivity index (χ3n) is 2.48. The van der Waals surface area contributed by atoms with Crippen LogP contribution in [0.5, 0.6) is 5.75 Å². The number of aryl methyl sites for hydroxylation is 1. The topological polar surface area (TPSA) is 9.23 Å². The molecule has 0 fully saturated rings. The van der Waals surface area contributed by atoms with Gasteiger partial charge >= 0.3 is 0 Å². The molecule has 2 aromatic carbocycles. The van der Waals surface area contributed by atoms with Gasteiger partial charge in [0.25, 0.3) is 0 Å². The molecule has 0 saturated heterocycles. The highest BCUT2D eigenvalue weighted by Gasteiger charge is 2.05. The Hall–Kier alpha value is -1.76. The number of methoxy groups -OCH3 is 1. The number of ether oxygens (including phenoxy) is 1. The number of benzene rings is 2. The molecule has 1 heteroatoms. The maximum absolute atomic E-state index is 5.32. The van der Waals surface area contributed by atoms with Gasteiger partial charge in [-0.2, -0.15) is 0 Å². The van der Waals surface area contributed by atoms with Crippen LogP contribution in [0.3, 0.4) is 0 Å². The maximum atomic E-state index is 5.32. The normalized spacial score (nSPS) is 10.0. The molecule has 0 spiro atoms. The van der Waals surface area contributed by atoms with Crippen molar-refractivity contribution in [1.29, 1.82) is 0 Å². The zero-order valence-electron chi connectivity index (χ0n) is 8.95. The van der Waals surface area contributed by atoms with E-state index in [1.54, 1.807) is 7.11 Å². The van der Waals surface area contributed by atoms with E-state index >= 15 is 0 Å². The first-order chi connectivity index (χ1) is 7.33. The predicted octanol–water partition coefficient (Wildman–Crippen LogP) is 3.47. The third kappa shape index (κ3) is 1.86. The summed E-state index contributed by atoms with van der Waals surface area (Å²) < 4.78 is 5.32. The van der Waals surface area contributed by atoms with Gasteiger partial charge in [-0.3, -0.25) is 0 Å². The number of rotatable bonds is 2. The maximum Gasteiger partial charge on any atom is 0.127 e. The van der Waals surface area contributed by atoms with Crippen LogP contribution in [-0.2, 0) is 0 Å². The summed E-state index contributed by atoms with van der Waals surface area (Å²) in [5, 5.41) is 0. The summed E-state index contributed by atoms with van der Waals surface area (Å²) in [6, 6.07) is 17.1. The first kappa shape index (κ1) is 9.78. The Balaban J connectivity index is 2.59. The monoisotopic (exact) mass is 197 g/mol. The highest BCUT2D eigenvalue weighted by molar-refractivity contribution is 5.72. The molecule has 2 aromatic rings. The molecule has 0 aliphatic carbocycles. The highest BCUT2D eigenvalue weighted by Crippen LogP contribution is 2.31. The van der Waals surface area contributed by atoms with Crippen molar-refractivity contribution in [2.45, 2.75) is 6.92 Å². The molecule has 0 amide bonds. The van der Waals surface area contributed by atoms with Gasteiger partial charge in [0.1, 0.15) is 5.75 Å². The molecule has 0 N–H and O–H groups in total. The lowest BCUT2D eigenvalue weighted by molar-refractivity contribution is 0.416. The quantitative estimate of drug-likeness (QED) is 0.716. The van der Waals surface area contributed by atoms with E-state index in [4.69, 9.17) is 4.74 Å². The molecular weight excluding hydrogens is 184 g/mol. The predicted molar refractivity (Wildman–Crippen MR) is 62.0 cm³/mol. The molecule has 75 valence electrons. The van der Waals surface area contributed by atoms with Crippen molar-refractivity contribution in [2.24, 2.45) is 0 Å². The minimum absolute atomic E-state index is 0.867. The van der Waals surface area contributed by atoms with E-state index in [-0.39, 0.29) is 0 Å². The fourth-order valence-corrected chi connectivity index (χ4v) is 1.68. The summed E-state index contributed by atoms with van der Waals surface area (Å²) in [6.07, 6.45) is 0. The molecule has 0 unspecified atom stereocenters. The van der Waals surface area contributed by atoms with Gasteiger partial charge in [0.2, 0.25) is 0 Å².